The molecule has 0 aliphatic heterocycles. The predicted molar refractivity (Wildman–Crippen MR) is 230 cm³/mol. The van der Waals surface area contributed by atoms with Crippen LogP contribution in [0.1, 0.15) is 264 Å². The lowest BCUT2D eigenvalue weighted by Crippen LogP contribution is -2.30. The van der Waals surface area contributed by atoms with Crippen molar-refractivity contribution in [1.29, 1.82) is 0 Å². The summed E-state index contributed by atoms with van der Waals surface area (Å²) >= 11 is 0. The van der Waals surface area contributed by atoms with Gasteiger partial charge < -0.3 is 19.3 Å². The topological polar surface area (TPSA) is 99.1 Å². The Morgan fingerprint density at radius 2 is 0.582 bits per heavy atom. The van der Waals surface area contributed by atoms with Gasteiger partial charge in [-0.3, -0.25) is 14.4 Å². The van der Waals surface area contributed by atoms with E-state index in [9.17, 15) is 14.4 Å². The van der Waals surface area contributed by atoms with Crippen molar-refractivity contribution in [3.8, 4) is 0 Å². The molecule has 0 spiro atoms. The molecule has 1 atom stereocenters. The van der Waals surface area contributed by atoms with Crippen LogP contribution in [0.15, 0.2) is 0 Å². The minimum atomic E-state index is -0.781. The highest BCUT2D eigenvalue weighted by molar-refractivity contribution is 5.71. The molecule has 0 rings (SSSR count). The van der Waals surface area contributed by atoms with Gasteiger partial charge >= 0.3 is 17.9 Å². The Morgan fingerprint density at radius 3 is 0.855 bits per heavy atom. The molecule has 0 aliphatic rings. The summed E-state index contributed by atoms with van der Waals surface area (Å²) in [5, 5.41) is 8.91. The van der Waals surface area contributed by atoms with Crippen LogP contribution in [0.5, 0.6) is 0 Å². The van der Waals surface area contributed by atoms with E-state index >= 15 is 0 Å². The largest absolute Gasteiger partial charge is 0.462 e. The highest BCUT2D eigenvalue weighted by Crippen LogP contribution is 2.16. The van der Waals surface area contributed by atoms with E-state index in [0.717, 1.165) is 77.0 Å². The molecule has 0 saturated heterocycles. The summed E-state index contributed by atoms with van der Waals surface area (Å²) in [5.41, 5.74) is 0. The molecule has 0 fully saturated rings. The Bertz CT molecular complexity index is 816. The van der Waals surface area contributed by atoms with Crippen molar-refractivity contribution in [2.75, 3.05) is 19.8 Å². The van der Waals surface area contributed by atoms with Crippen LogP contribution in [0.3, 0.4) is 0 Å². The lowest BCUT2D eigenvalue weighted by Gasteiger charge is -2.18. The van der Waals surface area contributed by atoms with Crippen molar-refractivity contribution >= 4 is 17.9 Å². The molecule has 0 aliphatic carbocycles. The van der Waals surface area contributed by atoms with Gasteiger partial charge in [-0.25, -0.2) is 0 Å². The molecule has 326 valence electrons. The maximum Gasteiger partial charge on any atom is 0.306 e. The SMILES string of the molecule is CCCCCCCCCCCCCCCCCC(=O)OCC(COC(=O)CCCCCCCCO)OC(=O)CCCCCCCCCCCCCCCCC. The van der Waals surface area contributed by atoms with E-state index in [1.807, 2.05) is 0 Å². The van der Waals surface area contributed by atoms with Gasteiger partial charge in [0.2, 0.25) is 0 Å². The molecule has 0 bridgehead atoms. The Balaban J connectivity index is 4.22. The van der Waals surface area contributed by atoms with E-state index < -0.39 is 6.10 Å². The van der Waals surface area contributed by atoms with Gasteiger partial charge in [-0.2, -0.15) is 0 Å². The average molecular weight is 781 g/mol. The highest BCUT2D eigenvalue weighted by atomic mass is 16.6. The summed E-state index contributed by atoms with van der Waals surface area (Å²) in [6, 6.07) is 0. The molecular formula is C48H92O7. The molecule has 0 aromatic carbocycles. The number of unbranched alkanes of at least 4 members (excludes halogenated alkanes) is 33. The molecule has 1 N–H and O–H groups in total. The first-order chi connectivity index (χ1) is 27.0. The highest BCUT2D eigenvalue weighted by Gasteiger charge is 2.19. The fourth-order valence-corrected chi connectivity index (χ4v) is 7.25. The summed E-state index contributed by atoms with van der Waals surface area (Å²) in [6.07, 6.45) is 44.0. The number of rotatable bonds is 45. The molecule has 1 unspecified atom stereocenters. The van der Waals surface area contributed by atoms with Gasteiger partial charge in [0.05, 0.1) is 0 Å². The van der Waals surface area contributed by atoms with Crippen molar-refractivity contribution in [1.82, 2.24) is 0 Å². The number of aliphatic hydroxyl groups excluding tert-OH is 1. The molecule has 0 aromatic heterocycles. The lowest BCUT2D eigenvalue weighted by atomic mass is 10.0. The molecule has 0 aromatic rings. The maximum atomic E-state index is 12.7. The van der Waals surface area contributed by atoms with Crippen molar-refractivity contribution in [3.05, 3.63) is 0 Å². The molecule has 55 heavy (non-hydrogen) atoms. The molecular weight excluding hydrogens is 689 g/mol. The summed E-state index contributed by atoms with van der Waals surface area (Å²) in [5.74, 6) is -0.925. The second kappa shape index (κ2) is 45.1. The normalized spacial score (nSPS) is 11.8. The summed E-state index contributed by atoms with van der Waals surface area (Å²) in [6.45, 7) is 4.59. The molecule has 0 saturated carbocycles. The van der Waals surface area contributed by atoms with Crippen molar-refractivity contribution in [3.63, 3.8) is 0 Å². The standard InChI is InChI=1S/C48H92O7/c1-3-5-7-9-11-13-15-17-19-21-23-25-27-31-35-39-46(50)53-43-45(44-54-47(51)40-36-32-29-30-34-38-42-49)55-48(52)41-37-33-28-26-24-22-20-18-16-14-12-10-8-6-4-2/h45,49H,3-44H2,1-2H3. The Hall–Kier alpha value is -1.63. The number of aliphatic hydroxyl groups is 1. The zero-order valence-electron chi connectivity index (χ0n) is 36.7. The summed E-state index contributed by atoms with van der Waals surface area (Å²) < 4.78 is 16.6. The second-order valence-corrected chi connectivity index (χ2v) is 16.5. The van der Waals surface area contributed by atoms with Gasteiger partial charge in [0.15, 0.2) is 6.10 Å². The monoisotopic (exact) mass is 781 g/mol. The van der Waals surface area contributed by atoms with Gasteiger partial charge in [-0.05, 0) is 25.7 Å². The zero-order chi connectivity index (χ0) is 40.1. The van der Waals surface area contributed by atoms with E-state index in [1.54, 1.807) is 0 Å². The molecule has 0 radical (unpaired) electrons. The number of esters is 3. The van der Waals surface area contributed by atoms with Crippen LogP contribution in [0, 0.1) is 0 Å². The van der Waals surface area contributed by atoms with E-state index in [1.165, 1.54) is 154 Å². The molecule has 0 amide bonds. The number of carbonyl (C=O) groups excluding carboxylic acids is 3. The molecule has 0 heterocycles. The maximum absolute atomic E-state index is 12.7. The van der Waals surface area contributed by atoms with E-state index in [-0.39, 0.29) is 37.7 Å². The third-order valence-electron chi connectivity index (χ3n) is 10.9. The van der Waals surface area contributed by atoms with E-state index in [4.69, 9.17) is 19.3 Å². The number of carbonyl (C=O) groups is 3. The number of hydrogen-bond donors (Lipinski definition) is 1. The van der Waals surface area contributed by atoms with Crippen molar-refractivity contribution < 1.29 is 33.7 Å². The first-order valence-electron chi connectivity index (χ1n) is 24.1. The predicted octanol–water partition coefficient (Wildman–Crippen LogP) is 14.2. The van der Waals surface area contributed by atoms with Crippen LogP contribution >= 0.6 is 0 Å². The number of ether oxygens (including phenoxy) is 3. The van der Waals surface area contributed by atoms with Crippen LogP contribution in [-0.4, -0.2) is 48.9 Å². The molecule has 7 nitrogen and oxygen atoms in total. The van der Waals surface area contributed by atoms with Crippen LogP contribution in [-0.2, 0) is 28.6 Å². The first kappa shape index (κ1) is 53.4. The fraction of sp³-hybridized carbons (Fsp3) is 0.938. The van der Waals surface area contributed by atoms with E-state index in [2.05, 4.69) is 13.8 Å². The van der Waals surface area contributed by atoms with Crippen LogP contribution in [0.2, 0.25) is 0 Å². The Kier molecular flexibility index (Phi) is 43.7. The summed E-state index contributed by atoms with van der Waals surface area (Å²) in [7, 11) is 0. The summed E-state index contributed by atoms with van der Waals surface area (Å²) in [4.78, 5) is 37.6. The Labute approximate surface area is 341 Å². The number of hydrogen-bond acceptors (Lipinski definition) is 7. The minimum absolute atomic E-state index is 0.0830. The lowest BCUT2D eigenvalue weighted by molar-refractivity contribution is -0.167. The zero-order valence-corrected chi connectivity index (χ0v) is 36.7. The van der Waals surface area contributed by atoms with Gasteiger partial charge in [-0.1, -0.05) is 219 Å². The molecule has 7 heteroatoms. The average Bonchev–Trinajstić information content (AvgIpc) is 3.18. The minimum Gasteiger partial charge on any atom is -0.462 e. The van der Waals surface area contributed by atoms with Crippen molar-refractivity contribution in [2.24, 2.45) is 0 Å². The van der Waals surface area contributed by atoms with Crippen molar-refractivity contribution in [2.45, 2.75) is 270 Å². The van der Waals surface area contributed by atoms with Gasteiger partial charge in [0.25, 0.3) is 0 Å². The van der Waals surface area contributed by atoms with E-state index in [0.29, 0.717) is 19.3 Å². The van der Waals surface area contributed by atoms with Gasteiger partial charge in [0.1, 0.15) is 13.2 Å². The fourth-order valence-electron chi connectivity index (χ4n) is 7.25. The second-order valence-electron chi connectivity index (χ2n) is 16.5. The van der Waals surface area contributed by atoms with Crippen LogP contribution in [0.4, 0.5) is 0 Å². The third-order valence-corrected chi connectivity index (χ3v) is 10.9. The third kappa shape index (κ3) is 43.3. The van der Waals surface area contributed by atoms with Gasteiger partial charge in [0, 0.05) is 25.9 Å². The quantitative estimate of drug-likeness (QED) is 0.0373. The van der Waals surface area contributed by atoms with Crippen LogP contribution < -0.4 is 0 Å². The smallest absolute Gasteiger partial charge is 0.306 e. The van der Waals surface area contributed by atoms with Gasteiger partial charge in [-0.15, -0.1) is 0 Å². The van der Waals surface area contributed by atoms with Crippen LogP contribution in [0.25, 0.3) is 0 Å². The Morgan fingerprint density at radius 1 is 0.345 bits per heavy atom. The first-order valence-corrected chi connectivity index (χ1v) is 24.1.